The number of aromatic amines is 1. The van der Waals surface area contributed by atoms with Crippen LogP contribution in [0.3, 0.4) is 0 Å². The molecule has 42 heavy (non-hydrogen) atoms. The smallest absolute Gasteiger partial charge is 0.326 e. The number of rotatable bonds is 17. The molecule has 1 aromatic heterocycles. The lowest BCUT2D eigenvalue weighted by Gasteiger charge is -2.24. The molecule has 0 saturated carbocycles. The highest BCUT2D eigenvalue weighted by atomic mass is 16.4. The quantitative estimate of drug-likeness (QED) is 0.0503. The molecule has 0 radical (unpaired) electrons. The highest BCUT2D eigenvalue weighted by Crippen LogP contribution is 2.19. The van der Waals surface area contributed by atoms with Crippen LogP contribution in [-0.4, -0.2) is 87.4 Å². The zero-order valence-electron chi connectivity index (χ0n) is 22.5. The minimum atomic E-state index is -1.61. The highest BCUT2D eigenvalue weighted by molar-refractivity contribution is 5.96. The second kappa shape index (κ2) is 15.6. The van der Waals surface area contributed by atoms with Crippen LogP contribution in [0.4, 0.5) is 0 Å². The minimum absolute atomic E-state index is 0.0719. The second-order valence-corrected chi connectivity index (χ2v) is 9.41. The Morgan fingerprint density at radius 3 is 2.10 bits per heavy atom. The molecule has 4 atom stereocenters. The number of primary amides is 1. The molecule has 14 N–H and O–H groups in total. The molecule has 2 rings (SSSR count). The van der Waals surface area contributed by atoms with Crippen LogP contribution < -0.4 is 38.9 Å². The van der Waals surface area contributed by atoms with Crippen LogP contribution in [0.25, 0.3) is 10.9 Å². The molecule has 0 spiro atoms. The first-order valence-corrected chi connectivity index (χ1v) is 12.8. The Morgan fingerprint density at radius 1 is 0.857 bits per heavy atom. The highest BCUT2D eigenvalue weighted by Gasteiger charge is 2.31. The lowest BCUT2D eigenvalue weighted by Crippen LogP contribution is -2.58. The zero-order valence-corrected chi connectivity index (χ0v) is 22.5. The van der Waals surface area contributed by atoms with Gasteiger partial charge < -0.3 is 54.1 Å². The van der Waals surface area contributed by atoms with Crippen molar-refractivity contribution >= 4 is 52.4 Å². The van der Waals surface area contributed by atoms with Gasteiger partial charge in [0.25, 0.3) is 0 Å². The Morgan fingerprint density at radius 2 is 1.48 bits per heavy atom. The molecule has 1 heterocycles. The predicted molar refractivity (Wildman–Crippen MR) is 149 cm³/mol. The van der Waals surface area contributed by atoms with E-state index >= 15 is 0 Å². The van der Waals surface area contributed by atoms with Gasteiger partial charge in [0.1, 0.15) is 18.1 Å². The zero-order chi connectivity index (χ0) is 31.4. The first-order chi connectivity index (χ1) is 19.8. The minimum Gasteiger partial charge on any atom is -0.481 e. The Balaban J connectivity index is 2.20. The SMILES string of the molecule is NC(=O)CC(NC(=O)C(CCCN=C(N)N)NC(=O)C(N)CC(=O)O)C(=O)NC(Cc1c[nH]c2ccccc12)C(=O)O. The average molecular weight is 590 g/mol. The number of hydrogen-bond donors (Lipinski definition) is 10. The number of hydrogen-bond acceptors (Lipinski definition) is 8. The van der Waals surface area contributed by atoms with E-state index in [1.807, 2.05) is 0 Å². The Bertz CT molecular complexity index is 1340. The number of nitrogens with one attached hydrogen (secondary N) is 4. The van der Waals surface area contributed by atoms with Gasteiger partial charge in [-0.2, -0.15) is 0 Å². The van der Waals surface area contributed by atoms with Gasteiger partial charge in [-0.05, 0) is 24.5 Å². The number of carbonyl (C=O) groups excluding carboxylic acids is 4. The summed E-state index contributed by atoms with van der Waals surface area (Å²) in [7, 11) is 0. The molecular formula is C25H35N9O8. The fourth-order valence-electron chi connectivity index (χ4n) is 4.01. The van der Waals surface area contributed by atoms with E-state index in [9.17, 15) is 33.9 Å². The molecule has 2 aromatic rings. The van der Waals surface area contributed by atoms with Gasteiger partial charge >= 0.3 is 11.9 Å². The number of carboxylic acids is 2. The molecule has 0 aliphatic heterocycles. The molecule has 0 aliphatic rings. The van der Waals surface area contributed by atoms with E-state index in [0.717, 1.165) is 10.9 Å². The van der Waals surface area contributed by atoms with Gasteiger partial charge in [-0.15, -0.1) is 0 Å². The number of aliphatic carboxylic acids is 2. The lowest BCUT2D eigenvalue weighted by atomic mass is 10.0. The van der Waals surface area contributed by atoms with Crippen molar-refractivity contribution in [2.75, 3.05) is 6.54 Å². The summed E-state index contributed by atoms with van der Waals surface area (Å²) in [6.45, 7) is 0.0719. The number of H-pyrrole nitrogens is 1. The molecule has 1 aromatic carbocycles. The predicted octanol–water partition coefficient (Wildman–Crippen LogP) is -3.02. The molecule has 0 bridgehead atoms. The Hall–Kier alpha value is -5.19. The average Bonchev–Trinajstić information content (AvgIpc) is 3.31. The van der Waals surface area contributed by atoms with Gasteiger partial charge in [-0.25, -0.2) is 4.79 Å². The van der Waals surface area contributed by atoms with Gasteiger partial charge in [0, 0.05) is 30.1 Å². The maximum absolute atomic E-state index is 13.1. The summed E-state index contributed by atoms with van der Waals surface area (Å²) in [5, 5.41) is 26.4. The third-order valence-corrected chi connectivity index (χ3v) is 6.06. The maximum Gasteiger partial charge on any atom is 0.326 e. The molecule has 4 unspecified atom stereocenters. The van der Waals surface area contributed by atoms with Gasteiger partial charge in [-0.1, -0.05) is 18.2 Å². The lowest BCUT2D eigenvalue weighted by molar-refractivity contribution is -0.142. The summed E-state index contributed by atoms with van der Waals surface area (Å²) in [5.41, 5.74) is 22.8. The van der Waals surface area contributed by atoms with Crippen LogP contribution in [0, 0.1) is 0 Å². The van der Waals surface area contributed by atoms with E-state index in [1.54, 1.807) is 30.5 Å². The molecule has 228 valence electrons. The Kier molecular flexibility index (Phi) is 12.2. The number of aromatic nitrogens is 1. The summed E-state index contributed by atoms with van der Waals surface area (Å²) in [4.78, 5) is 80.1. The molecule has 17 heteroatoms. The number of fused-ring (bicyclic) bond motifs is 1. The summed E-state index contributed by atoms with van der Waals surface area (Å²) in [6, 6.07) is 1.27. The van der Waals surface area contributed by atoms with Crippen LogP contribution in [0.2, 0.25) is 0 Å². The normalized spacial score (nSPS) is 13.6. The molecule has 17 nitrogen and oxygen atoms in total. The number of para-hydroxylation sites is 1. The van der Waals surface area contributed by atoms with Gasteiger partial charge in [0.15, 0.2) is 5.96 Å². The number of nitrogens with two attached hydrogens (primary N) is 4. The van der Waals surface area contributed by atoms with Crippen molar-refractivity contribution in [1.82, 2.24) is 20.9 Å². The molecule has 4 amide bonds. The van der Waals surface area contributed by atoms with E-state index < -0.39 is 72.6 Å². The van der Waals surface area contributed by atoms with E-state index in [0.29, 0.717) is 5.56 Å². The van der Waals surface area contributed by atoms with Crippen LogP contribution in [-0.2, 0) is 35.2 Å². The van der Waals surface area contributed by atoms with Crippen molar-refractivity contribution in [2.45, 2.75) is 56.3 Å². The Labute approximate surface area is 239 Å². The van der Waals surface area contributed by atoms with Crippen molar-refractivity contribution in [3.8, 4) is 0 Å². The number of carboxylic acid groups (broad SMARTS) is 2. The van der Waals surface area contributed by atoms with E-state index in [2.05, 4.69) is 25.9 Å². The van der Waals surface area contributed by atoms with Crippen LogP contribution in [0.1, 0.15) is 31.2 Å². The first kappa shape index (κ1) is 33.0. The number of amides is 4. The summed E-state index contributed by atoms with van der Waals surface area (Å²) < 4.78 is 0. The second-order valence-electron chi connectivity index (χ2n) is 9.41. The summed E-state index contributed by atoms with van der Waals surface area (Å²) >= 11 is 0. The third kappa shape index (κ3) is 10.4. The standard InChI is InChI=1S/C25H35N9O8/c26-14(9-20(36)37)21(38)32-16(6-3-7-30-25(28)29)22(39)33-17(10-19(27)35)23(40)34-18(24(41)42)8-12-11-31-15-5-2-1-4-13(12)15/h1-2,4-5,11,14,16-18,31H,3,6-10,26H2,(H2,27,35)(H,32,38)(H,33,39)(H,34,40)(H,36,37)(H,41,42)(H4,28,29,30). The van der Waals surface area contributed by atoms with E-state index in [-0.39, 0.29) is 31.8 Å². The monoisotopic (exact) mass is 589 g/mol. The van der Waals surface area contributed by atoms with Crippen LogP contribution in [0.5, 0.6) is 0 Å². The number of aliphatic imine (C=N–C) groups is 1. The summed E-state index contributed by atoms with van der Waals surface area (Å²) in [5.74, 6) is -6.80. The largest absolute Gasteiger partial charge is 0.481 e. The van der Waals surface area contributed by atoms with E-state index in [1.165, 1.54) is 0 Å². The van der Waals surface area contributed by atoms with Gasteiger partial charge in [0.2, 0.25) is 23.6 Å². The topological polar surface area (TPSA) is 311 Å². The first-order valence-electron chi connectivity index (χ1n) is 12.8. The third-order valence-electron chi connectivity index (χ3n) is 6.06. The van der Waals surface area contributed by atoms with Crippen molar-refractivity contribution in [3.05, 3.63) is 36.0 Å². The van der Waals surface area contributed by atoms with Gasteiger partial charge in [0.05, 0.1) is 18.9 Å². The number of nitrogens with zero attached hydrogens (tertiary/aromatic N) is 1. The number of carbonyl (C=O) groups is 6. The van der Waals surface area contributed by atoms with Crippen molar-refractivity contribution in [1.29, 1.82) is 0 Å². The number of guanidine groups is 1. The van der Waals surface area contributed by atoms with Crippen LogP contribution in [0.15, 0.2) is 35.5 Å². The molecule has 0 aliphatic carbocycles. The molecule has 0 fully saturated rings. The van der Waals surface area contributed by atoms with Crippen molar-refractivity contribution in [2.24, 2.45) is 27.9 Å². The fraction of sp³-hybridized carbons (Fsp3) is 0.400. The fourth-order valence-corrected chi connectivity index (χ4v) is 4.01. The van der Waals surface area contributed by atoms with E-state index in [4.69, 9.17) is 28.0 Å². The van der Waals surface area contributed by atoms with Crippen molar-refractivity contribution in [3.63, 3.8) is 0 Å². The van der Waals surface area contributed by atoms with Gasteiger partial charge in [-0.3, -0.25) is 29.0 Å². The maximum atomic E-state index is 13.1. The van der Waals surface area contributed by atoms with Crippen molar-refractivity contribution < 1.29 is 39.0 Å². The molecular weight excluding hydrogens is 554 g/mol. The number of benzene rings is 1. The summed E-state index contributed by atoms with van der Waals surface area (Å²) in [6.07, 6.45) is 0.186. The molecule has 0 saturated heterocycles. The van der Waals surface area contributed by atoms with Crippen LogP contribution >= 0.6 is 0 Å².